The number of carbonyl (C=O) groups is 1. The third kappa shape index (κ3) is 3.85. The summed E-state index contributed by atoms with van der Waals surface area (Å²) in [5.74, 6) is 1.93. The van der Waals surface area contributed by atoms with Crippen molar-refractivity contribution in [1.29, 1.82) is 0 Å². The van der Waals surface area contributed by atoms with Crippen LogP contribution in [0.15, 0.2) is 48.5 Å². The molecule has 0 aliphatic rings. The number of benzene rings is 2. The van der Waals surface area contributed by atoms with Gasteiger partial charge >= 0.3 is 0 Å². The molecule has 6 nitrogen and oxygen atoms in total. The van der Waals surface area contributed by atoms with Gasteiger partial charge in [0.1, 0.15) is 11.6 Å². The first-order valence-corrected chi connectivity index (χ1v) is 8.01. The lowest BCUT2D eigenvalue weighted by Gasteiger charge is -2.11. The van der Waals surface area contributed by atoms with Crippen molar-refractivity contribution in [3.05, 3.63) is 65.7 Å². The Morgan fingerprint density at radius 2 is 1.92 bits per heavy atom. The Morgan fingerprint density at radius 3 is 2.56 bits per heavy atom. The summed E-state index contributed by atoms with van der Waals surface area (Å²) < 4.78 is 5.25. The maximum atomic E-state index is 12.4. The Morgan fingerprint density at radius 1 is 1.16 bits per heavy atom. The van der Waals surface area contributed by atoms with E-state index < -0.39 is 0 Å². The first kappa shape index (κ1) is 16.7. The minimum atomic E-state index is -0.268. The highest BCUT2D eigenvalue weighted by molar-refractivity contribution is 5.94. The molecule has 3 aromatic rings. The Labute approximate surface area is 146 Å². The zero-order valence-electron chi connectivity index (χ0n) is 14.4. The van der Waals surface area contributed by atoms with Gasteiger partial charge in [-0.25, -0.2) is 4.98 Å². The molecule has 0 aliphatic carbocycles. The molecule has 1 atom stereocenters. The summed E-state index contributed by atoms with van der Waals surface area (Å²) in [5.41, 5.74) is 2.65. The van der Waals surface area contributed by atoms with Crippen molar-refractivity contribution in [1.82, 2.24) is 20.5 Å². The number of amides is 1. The Balaban J connectivity index is 1.72. The lowest BCUT2D eigenvalue weighted by molar-refractivity contribution is 0.0938. The third-order valence-corrected chi connectivity index (χ3v) is 3.90. The predicted molar refractivity (Wildman–Crippen MR) is 95.4 cm³/mol. The Bertz CT molecular complexity index is 871. The second-order valence-electron chi connectivity index (χ2n) is 5.78. The van der Waals surface area contributed by atoms with E-state index in [0.717, 1.165) is 22.7 Å². The maximum absolute atomic E-state index is 12.4. The fourth-order valence-corrected chi connectivity index (χ4v) is 2.51. The standard InChI is InChI=1S/C19H20N4O2/c1-12(18-21-13(2)22-23-18)20-19(24)15-9-7-14(8-10-15)16-5-4-6-17(11-16)25-3/h4-12H,1-3H3,(H,20,24)(H,21,22,23)/t12-/m1/s1. The predicted octanol–water partition coefficient (Wildman–Crippen LogP) is 3.28. The topological polar surface area (TPSA) is 79.9 Å². The van der Waals surface area contributed by atoms with E-state index in [2.05, 4.69) is 20.5 Å². The van der Waals surface area contributed by atoms with Crippen molar-refractivity contribution in [2.24, 2.45) is 0 Å². The molecule has 128 valence electrons. The average Bonchev–Trinajstić information content (AvgIpc) is 3.08. The summed E-state index contributed by atoms with van der Waals surface area (Å²) in [6.07, 6.45) is 0. The first-order valence-electron chi connectivity index (χ1n) is 8.01. The van der Waals surface area contributed by atoms with Crippen LogP contribution in [0, 0.1) is 6.92 Å². The van der Waals surface area contributed by atoms with Crippen LogP contribution in [0.3, 0.4) is 0 Å². The Kier molecular flexibility index (Phi) is 4.79. The highest BCUT2D eigenvalue weighted by atomic mass is 16.5. The van der Waals surface area contributed by atoms with Gasteiger partial charge in [-0.3, -0.25) is 9.89 Å². The number of aromatic amines is 1. The lowest BCUT2D eigenvalue weighted by atomic mass is 10.0. The van der Waals surface area contributed by atoms with Gasteiger partial charge in [0.25, 0.3) is 5.91 Å². The molecular formula is C19H20N4O2. The molecule has 0 saturated carbocycles. The van der Waals surface area contributed by atoms with Gasteiger partial charge in [-0.1, -0.05) is 24.3 Å². The van der Waals surface area contributed by atoms with E-state index in [9.17, 15) is 4.79 Å². The van der Waals surface area contributed by atoms with E-state index >= 15 is 0 Å². The summed E-state index contributed by atoms with van der Waals surface area (Å²) >= 11 is 0. The number of hydrogen-bond acceptors (Lipinski definition) is 4. The molecule has 0 fully saturated rings. The lowest BCUT2D eigenvalue weighted by Crippen LogP contribution is -2.27. The largest absolute Gasteiger partial charge is 0.497 e. The average molecular weight is 336 g/mol. The summed E-state index contributed by atoms with van der Waals surface area (Å²) in [6, 6.07) is 15.0. The highest BCUT2D eigenvalue weighted by Gasteiger charge is 2.15. The van der Waals surface area contributed by atoms with Gasteiger partial charge in [-0.05, 0) is 49.2 Å². The molecule has 0 aliphatic heterocycles. The van der Waals surface area contributed by atoms with E-state index in [4.69, 9.17) is 4.74 Å². The van der Waals surface area contributed by atoms with Crippen LogP contribution in [0.2, 0.25) is 0 Å². The van der Waals surface area contributed by atoms with Crippen LogP contribution in [0.25, 0.3) is 11.1 Å². The second kappa shape index (κ2) is 7.17. The SMILES string of the molecule is COc1cccc(-c2ccc(C(=O)N[C@H](C)c3n[nH]c(C)n3)cc2)c1. The van der Waals surface area contributed by atoms with Crippen molar-refractivity contribution >= 4 is 5.91 Å². The molecule has 1 aromatic heterocycles. The number of H-pyrrole nitrogens is 1. The van der Waals surface area contributed by atoms with Crippen LogP contribution in [0.5, 0.6) is 5.75 Å². The quantitative estimate of drug-likeness (QED) is 0.749. The number of aryl methyl sites for hydroxylation is 1. The number of nitrogens with one attached hydrogen (secondary N) is 2. The molecule has 3 rings (SSSR count). The molecule has 0 radical (unpaired) electrons. The van der Waals surface area contributed by atoms with E-state index in [0.29, 0.717) is 11.4 Å². The number of nitrogens with zero attached hydrogens (tertiary/aromatic N) is 2. The Hall–Kier alpha value is -3.15. The third-order valence-electron chi connectivity index (χ3n) is 3.90. The van der Waals surface area contributed by atoms with Gasteiger partial charge in [-0.15, -0.1) is 0 Å². The van der Waals surface area contributed by atoms with Crippen LogP contribution >= 0.6 is 0 Å². The monoisotopic (exact) mass is 336 g/mol. The number of hydrogen-bond donors (Lipinski definition) is 2. The van der Waals surface area contributed by atoms with E-state index in [1.165, 1.54) is 0 Å². The molecule has 2 N–H and O–H groups in total. The fourth-order valence-electron chi connectivity index (χ4n) is 2.51. The second-order valence-corrected chi connectivity index (χ2v) is 5.78. The van der Waals surface area contributed by atoms with Gasteiger partial charge in [0.05, 0.1) is 13.2 Å². The van der Waals surface area contributed by atoms with Gasteiger partial charge in [-0.2, -0.15) is 5.10 Å². The minimum Gasteiger partial charge on any atom is -0.497 e. The van der Waals surface area contributed by atoms with Crippen molar-refractivity contribution in [2.75, 3.05) is 7.11 Å². The number of ether oxygens (including phenoxy) is 1. The van der Waals surface area contributed by atoms with Crippen LogP contribution in [-0.4, -0.2) is 28.2 Å². The maximum Gasteiger partial charge on any atom is 0.251 e. The molecule has 0 spiro atoms. The van der Waals surface area contributed by atoms with E-state index in [1.807, 2.05) is 50.2 Å². The molecule has 0 unspecified atom stereocenters. The van der Waals surface area contributed by atoms with Crippen LogP contribution in [-0.2, 0) is 0 Å². The van der Waals surface area contributed by atoms with Gasteiger partial charge in [0.2, 0.25) is 0 Å². The molecule has 0 saturated heterocycles. The first-order chi connectivity index (χ1) is 12.1. The zero-order chi connectivity index (χ0) is 17.8. The molecule has 2 aromatic carbocycles. The van der Waals surface area contributed by atoms with Crippen molar-refractivity contribution in [3.63, 3.8) is 0 Å². The molecule has 1 amide bonds. The molecule has 1 heterocycles. The molecular weight excluding hydrogens is 316 g/mol. The summed E-state index contributed by atoms with van der Waals surface area (Å²) in [6.45, 7) is 3.67. The van der Waals surface area contributed by atoms with Crippen LogP contribution in [0.4, 0.5) is 0 Å². The highest BCUT2D eigenvalue weighted by Crippen LogP contribution is 2.24. The summed E-state index contributed by atoms with van der Waals surface area (Å²) in [7, 11) is 1.64. The molecule has 0 bridgehead atoms. The van der Waals surface area contributed by atoms with Gasteiger partial charge < -0.3 is 10.1 Å². The van der Waals surface area contributed by atoms with Gasteiger partial charge in [0, 0.05) is 5.56 Å². The van der Waals surface area contributed by atoms with Crippen LogP contribution in [0.1, 0.15) is 35.0 Å². The van der Waals surface area contributed by atoms with Crippen molar-refractivity contribution in [3.8, 4) is 16.9 Å². The summed E-state index contributed by atoms with van der Waals surface area (Å²) in [5, 5.41) is 9.74. The number of aromatic nitrogens is 3. The fraction of sp³-hybridized carbons (Fsp3) is 0.211. The smallest absolute Gasteiger partial charge is 0.251 e. The molecule has 25 heavy (non-hydrogen) atoms. The number of carbonyl (C=O) groups excluding carboxylic acids is 1. The summed E-state index contributed by atoms with van der Waals surface area (Å²) in [4.78, 5) is 16.6. The van der Waals surface area contributed by atoms with Crippen LogP contribution < -0.4 is 10.1 Å². The zero-order valence-corrected chi connectivity index (χ0v) is 14.4. The number of methoxy groups -OCH3 is 1. The van der Waals surface area contributed by atoms with E-state index in [1.54, 1.807) is 19.2 Å². The van der Waals surface area contributed by atoms with Gasteiger partial charge in [0.15, 0.2) is 5.82 Å². The minimum absolute atomic E-state index is 0.160. The van der Waals surface area contributed by atoms with Crippen molar-refractivity contribution in [2.45, 2.75) is 19.9 Å². The van der Waals surface area contributed by atoms with Crippen molar-refractivity contribution < 1.29 is 9.53 Å². The van der Waals surface area contributed by atoms with E-state index in [-0.39, 0.29) is 11.9 Å². The molecule has 6 heteroatoms. The normalized spacial score (nSPS) is 11.8. The number of rotatable bonds is 5.